The van der Waals surface area contributed by atoms with Gasteiger partial charge in [0.25, 0.3) is 0 Å². The van der Waals surface area contributed by atoms with E-state index in [2.05, 4.69) is 51.3 Å². The standard InChI is InChI=1S/C22H44N2/c1-7-23-14-8-12-20(23)18-22(5,6)13-10-16-24-15-9-11-19(24)17-21(2,3)4/h19-20H,7-18H2,1-6H3/t19-,20+/m1/s1. The second-order valence-corrected chi connectivity index (χ2v) is 10.5. The number of hydrogen-bond donors (Lipinski definition) is 0. The maximum Gasteiger partial charge on any atom is 0.0101 e. The average Bonchev–Trinajstić information content (AvgIpc) is 3.06. The largest absolute Gasteiger partial charge is 0.301 e. The van der Waals surface area contributed by atoms with E-state index in [4.69, 9.17) is 0 Å². The van der Waals surface area contributed by atoms with E-state index in [9.17, 15) is 0 Å². The average molecular weight is 337 g/mol. The first-order chi connectivity index (χ1) is 11.2. The van der Waals surface area contributed by atoms with Crippen molar-refractivity contribution in [1.82, 2.24) is 9.80 Å². The van der Waals surface area contributed by atoms with Crippen molar-refractivity contribution in [2.24, 2.45) is 10.8 Å². The minimum Gasteiger partial charge on any atom is -0.301 e. The van der Waals surface area contributed by atoms with Gasteiger partial charge in [-0.3, -0.25) is 0 Å². The molecular formula is C22H44N2. The summed E-state index contributed by atoms with van der Waals surface area (Å²) in [7, 11) is 0. The Morgan fingerprint density at radius 2 is 1.42 bits per heavy atom. The van der Waals surface area contributed by atoms with Crippen LogP contribution in [0.3, 0.4) is 0 Å². The lowest BCUT2D eigenvalue weighted by molar-refractivity contribution is 0.157. The number of hydrogen-bond acceptors (Lipinski definition) is 2. The molecule has 142 valence electrons. The van der Waals surface area contributed by atoms with Crippen LogP contribution >= 0.6 is 0 Å². The van der Waals surface area contributed by atoms with E-state index >= 15 is 0 Å². The fraction of sp³-hybridized carbons (Fsp3) is 1.00. The van der Waals surface area contributed by atoms with Crippen LogP contribution < -0.4 is 0 Å². The molecule has 2 aliphatic heterocycles. The molecule has 0 radical (unpaired) electrons. The van der Waals surface area contributed by atoms with Crippen molar-refractivity contribution in [1.29, 1.82) is 0 Å². The van der Waals surface area contributed by atoms with E-state index < -0.39 is 0 Å². The van der Waals surface area contributed by atoms with Gasteiger partial charge in [-0.2, -0.15) is 0 Å². The molecule has 2 fully saturated rings. The van der Waals surface area contributed by atoms with Crippen LogP contribution in [0.2, 0.25) is 0 Å². The summed E-state index contributed by atoms with van der Waals surface area (Å²) in [6.45, 7) is 19.8. The summed E-state index contributed by atoms with van der Waals surface area (Å²) < 4.78 is 0. The highest BCUT2D eigenvalue weighted by Crippen LogP contribution is 2.35. The molecule has 0 aromatic heterocycles. The zero-order chi connectivity index (χ0) is 17.8. The van der Waals surface area contributed by atoms with E-state index in [0.717, 1.165) is 12.1 Å². The Kier molecular flexibility index (Phi) is 7.20. The Morgan fingerprint density at radius 3 is 2.00 bits per heavy atom. The van der Waals surface area contributed by atoms with Crippen molar-refractivity contribution in [3.63, 3.8) is 0 Å². The molecule has 0 spiro atoms. The van der Waals surface area contributed by atoms with Crippen molar-refractivity contribution < 1.29 is 0 Å². The van der Waals surface area contributed by atoms with Crippen LogP contribution in [-0.4, -0.2) is 48.1 Å². The van der Waals surface area contributed by atoms with Gasteiger partial charge in [-0.05, 0) is 88.4 Å². The summed E-state index contributed by atoms with van der Waals surface area (Å²) in [6, 6.07) is 1.70. The molecule has 0 saturated carbocycles. The topological polar surface area (TPSA) is 6.48 Å². The Labute approximate surface area is 152 Å². The monoisotopic (exact) mass is 336 g/mol. The first kappa shape index (κ1) is 20.2. The molecule has 2 saturated heterocycles. The quantitative estimate of drug-likeness (QED) is 0.572. The highest BCUT2D eigenvalue weighted by Gasteiger charge is 2.31. The van der Waals surface area contributed by atoms with Crippen LogP contribution in [0.1, 0.15) is 92.9 Å². The molecule has 0 unspecified atom stereocenters. The number of rotatable bonds is 8. The molecular weight excluding hydrogens is 292 g/mol. The SMILES string of the molecule is CCN1CCC[C@H]1CC(C)(C)CCCN1CCC[C@@H]1CC(C)(C)C. The molecule has 0 amide bonds. The van der Waals surface area contributed by atoms with Crippen molar-refractivity contribution in [3.05, 3.63) is 0 Å². The molecule has 0 aromatic rings. The Morgan fingerprint density at radius 1 is 0.833 bits per heavy atom. The van der Waals surface area contributed by atoms with E-state index in [0.29, 0.717) is 10.8 Å². The predicted octanol–water partition coefficient (Wildman–Crippen LogP) is 5.57. The van der Waals surface area contributed by atoms with Crippen LogP contribution in [0, 0.1) is 10.8 Å². The van der Waals surface area contributed by atoms with Crippen LogP contribution in [0.25, 0.3) is 0 Å². The van der Waals surface area contributed by atoms with Gasteiger partial charge in [0, 0.05) is 12.1 Å². The van der Waals surface area contributed by atoms with Gasteiger partial charge in [0.2, 0.25) is 0 Å². The Bertz CT molecular complexity index is 369. The zero-order valence-corrected chi connectivity index (χ0v) is 17.5. The predicted molar refractivity (Wildman–Crippen MR) is 107 cm³/mol. The van der Waals surface area contributed by atoms with Gasteiger partial charge in [-0.1, -0.05) is 41.5 Å². The van der Waals surface area contributed by atoms with E-state index in [1.807, 2.05) is 0 Å². The van der Waals surface area contributed by atoms with Crippen LogP contribution in [0.4, 0.5) is 0 Å². The first-order valence-electron chi connectivity index (χ1n) is 10.7. The molecule has 2 heterocycles. The normalized spacial score (nSPS) is 27.2. The smallest absolute Gasteiger partial charge is 0.0101 e. The van der Waals surface area contributed by atoms with Gasteiger partial charge >= 0.3 is 0 Å². The lowest BCUT2D eigenvalue weighted by Gasteiger charge is -2.34. The number of likely N-dealkylation sites (tertiary alicyclic amines) is 2. The Hall–Kier alpha value is -0.0800. The van der Waals surface area contributed by atoms with E-state index in [-0.39, 0.29) is 0 Å². The fourth-order valence-electron chi connectivity index (χ4n) is 5.17. The summed E-state index contributed by atoms with van der Waals surface area (Å²) in [5.74, 6) is 0. The zero-order valence-electron chi connectivity index (χ0n) is 17.5. The molecule has 0 aliphatic carbocycles. The molecule has 0 N–H and O–H groups in total. The van der Waals surface area contributed by atoms with Gasteiger partial charge in [0.1, 0.15) is 0 Å². The van der Waals surface area contributed by atoms with Crippen molar-refractivity contribution >= 4 is 0 Å². The van der Waals surface area contributed by atoms with Gasteiger partial charge < -0.3 is 9.80 Å². The maximum absolute atomic E-state index is 2.80. The first-order valence-corrected chi connectivity index (χ1v) is 10.7. The summed E-state index contributed by atoms with van der Waals surface area (Å²) >= 11 is 0. The minimum atomic E-state index is 0.471. The molecule has 2 atom stereocenters. The summed E-state index contributed by atoms with van der Waals surface area (Å²) in [6.07, 6.45) is 11.2. The second-order valence-electron chi connectivity index (χ2n) is 10.5. The number of nitrogens with zero attached hydrogens (tertiary/aromatic N) is 2. The lowest BCUT2D eigenvalue weighted by Crippen LogP contribution is -2.35. The van der Waals surface area contributed by atoms with Gasteiger partial charge in [-0.15, -0.1) is 0 Å². The third kappa shape index (κ3) is 6.33. The van der Waals surface area contributed by atoms with Crippen molar-refractivity contribution in [2.45, 2.75) is 105 Å². The van der Waals surface area contributed by atoms with Crippen LogP contribution in [0.5, 0.6) is 0 Å². The molecule has 2 heteroatoms. The minimum absolute atomic E-state index is 0.471. The summed E-state index contributed by atoms with van der Waals surface area (Å²) in [5, 5.41) is 0. The van der Waals surface area contributed by atoms with Crippen LogP contribution in [-0.2, 0) is 0 Å². The van der Waals surface area contributed by atoms with Gasteiger partial charge in [0.05, 0.1) is 0 Å². The second kappa shape index (κ2) is 8.54. The van der Waals surface area contributed by atoms with E-state index in [1.165, 1.54) is 77.5 Å². The molecule has 2 nitrogen and oxygen atoms in total. The van der Waals surface area contributed by atoms with Crippen molar-refractivity contribution in [3.8, 4) is 0 Å². The summed E-state index contributed by atoms with van der Waals surface area (Å²) in [5.41, 5.74) is 0.973. The summed E-state index contributed by atoms with van der Waals surface area (Å²) in [4.78, 5) is 5.51. The van der Waals surface area contributed by atoms with E-state index in [1.54, 1.807) is 0 Å². The molecule has 0 aromatic carbocycles. The fourth-order valence-corrected chi connectivity index (χ4v) is 5.17. The highest BCUT2D eigenvalue weighted by atomic mass is 15.2. The van der Waals surface area contributed by atoms with Gasteiger partial charge in [0.15, 0.2) is 0 Å². The maximum atomic E-state index is 2.80. The molecule has 24 heavy (non-hydrogen) atoms. The molecule has 2 rings (SSSR count). The van der Waals surface area contributed by atoms with Crippen LogP contribution in [0.15, 0.2) is 0 Å². The molecule has 0 bridgehead atoms. The Balaban J connectivity index is 1.73. The van der Waals surface area contributed by atoms with Crippen molar-refractivity contribution in [2.75, 3.05) is 26.2 Å². The van der Waals surface area contributed by atoms with Gasteiger partial charge in [-0.25, -0.2) is 0 Å². The third-order valence-electron chi connectivity index (χ3n) is 6.34. The highest BCUT2D eigenvalue weighted by molar-refractivity contribution is 4.86. The lowest BCUT2D eigenvalue weighted by atomic mass is 9.80. The third-order valence-corrected chi connectivity index (χ3v) is 6.34. The molecule has 2 aliphatic rings.